The van der Waals surface area contributed by atoms with Gasteiger partial charge in [0.25, 0.3) is 0 Å². The Hall–Kier alpha value is -0.884. The van der Waals surface area contributed by atoms with E-state index in [-0.39, 0.29) is 11.6 Å². The second-order valence-electron chi connectivity index (χ2n) is 11.5. The molecule has 2 aromatic carbocycles. The molecule has 1 N–H and O–H groups in total. The van der Waals surface area contributed by atoms with Crippen molar-refractivity contribution < 1.29 is 9.53 Å². The molecule has 2 aromatic rings. The number of hydrogen-bond donors (Lipinski definition) is 1. The summed E-state index contributed by atoms with van der Waals surface area (Å²) in [6.45, 7) is 14.7. The molecule has 2 nitrogen and oxygen atoms in total. The van der Waals surface area contributed by atoms with Crippen molar-refractivity contribution in [1.82, 2.24) is 0 Å². The van der Waals surface area contributed by atoms with Gasteiger partial charge in [0.1, 0.15) is 0 Å². The van der Waals surface area contributed by atoms with Gasteiger partial charge in [0.2, 0.25) is 0 Å². The molecule has 0 aliphatic carbocycles. The summed E-state index contributed by atoms with van der Waals surface area (Å²) in [6, 6.07) is 21.8. The van der Waals surface area contributed by atoms with Crippen molar-refractivity contribution in [2.24, 2.45) is 0 Å². The van der Waals surface area contributed by atoms with Crippen LogP contribution >= 0.6 is 0 Å². The minimum absolute atomic E-state index is 0.0318. The summed E-state index contributed by atoms with van der Waals surface area (Å²) in [6.07, 6.45) is 10.00. The van der Waals surface area contributed by atoms with Crippen LogP contribution in [0.1, 0.15) is 80.1 Å². The van der Waals surface area contributed by atoms with Gasteiger partial charge in [-0.15, -0.1) is 0 Å². The van der Waals surface area contributed by atoms with Gasteiger partial charge in [0.05, 0.1) is 0 Å². The Morgan fingerprint density at radius 1 is 0.778 bits per heavy atom. The van der Waals surface area contributed by atoms with Crippen LogP contribution in [0.4, 0.5) is 0 Å². The third kappa shape index (κ3) is 7.81. The van der Waals surface area contributed by atoms with E-state index in [9.17, 15) is 5.11 Å². The Morgan fingerprint density at radius 3 is 1.53 bits per heavy atom. The standard InChI is InChI=1S/C20H25O2Si.3C4H9.Sn/c1-20(2,3)23(22-17-11-10-16-21,18-12-6-4-7-13-18)19-14-8-5-9-15-19;3*1-3-4-2;/h4-9,11-15,21H,16-17H2,1-3H3;3*1,3-4H2,2H3;. The molecule has 0 aliphatic heterocycles. The first-order valence-electron chi connectivity index (χ1n) is 14.4. The van der Waals surface area contributed by atoms with E-state index in [1.54, 1.807) is 0 Å². The number of rotatable bonds is 16. The SMILES string of the molecule is CCC[CH2][Sn]([CH2]CCC)([CH2]CCC)/[C](=C/CO[Si](c1ccccc1)(c1ccccc1)C(C)(C)C)CO. The van der Waals surface area contributed by atoms with Crippen LogP contribution in [0.25, 0.3) is 0 Å². The van der Waals surface area contributed by atoms with E-state index in [1.165, 1.54) is 65.8 Å². The van der Waals surface area contributed by atoms with Crippen LogP contribution in [0.2, 0.25) is 18.3 Å². The van der Waals surface area contributed by atoms with Crippen LogP contribution in [-0.2, 0) is 4.43 Å². The number of unbranched alkanes of at least 4 members (excludes halogenated alkanes) is 3. The van der Waals surface area contributed by atoms with Crippen LogP contribution in [0.3, 0.4) is 0 Å². The molecule has 0 atom stereocenters. The normalized spacial score (nSPS) is 13.2. The molecular weight excluding hydrogens is 563 g/mol. The van der Waals surface area contributed by atoms with Crippen molar-refractivity contribution in [2.45, 2.75) is 98.4 Å². The summed E-state index contributed by atoms with van der Waals surface area (Å²) in [5, 5.41) is 13.3. The molecule has 0 heterocycles. The second-order valence-corrected chi connectivity index (χ2v) is 29.2. The number of aliphatic hydroxyl groups excluding tert-OH is 1. The Bertz CT molecular complexity index is 828. The number of aliphatic hydroxyl groups is 1. The summed E-state index contributed by atoms with van der Waals surface area (Å²) < 4.78 is 12.7. The Morgan fingerprint density at radius 2 is 1.19 bits per heavy atom. The Labute approximate surface area is 227 Å². The Balaban J connectivity index is 2.53. The van der Waals surface area contributed by atoms with Gasteiger partial charge in [-0.3, -0.25) is 0 Å². The van der Waals surface area contributed by atoms with Gasteiger partial charge >= 0.3 is 229 Å². The minimum atomic E-state index is -2.68. The Kier molecular flexibility index (Phi) is 13.5. The number of benzene rings is 2. The summed E-state index contributed by atoms with van der Waals surface area (Å²) in [4.78, 5) is 0. The first-order valence-corrected chi connectivity index (χ1v) is 23.8. The van der Waals surface area contributed by atoms with Gasteiger partial charge in [0, 0.05) is 0 Å². The first-order chi connectivity index (χ1) is 17.3. The molecule has 36 heavy (non-hydrogen) atoms. The third-order valence-electron chi connectivity index (χ3n) is 7.92. The van der Waals surface area contributed by atoms with Gasteiger partial charge in [-0.1, -0.05) is 0 Å². The van der Waals surface area contributed by atoms with Crippen LogP contribution in [0.5, 0.6) is 0 Å². The quantitative estimate of drug-likeness (QED) is 0.195. The van der Waals surface area contributed by atoms with Crippen molar-refractivity contribution in [3.63, 3.8) is 0 Å². The fraction of sp³-hybridized carbons (Fsp3) is 0.562. The van der Waals surface area contributed by atoms with Crippen LogP contribution in [0.15, 0.2) is 70.3 Å². The summed E-state index contributed by atoms with van der Waals surface area (Å²) in [5.41, 5.74) is 0. The van der Waals surface area contributed by atoms with Crippen LogP contribution in [-0.4, -0.2) is 45.0 Å². The van der Waals surface area contributed by atoms with E-state index in [0.29, 0.717) is 6.61 Å². The van der Waals surface area contributed by atoms with Crippen molar-refractivity contribution in [3.8, 4) is 0 Å². The van der Waals surface area contributed by atoms with E-state index in [4.69, 9.17) is 4.43 Å². The van der Waals surface area contributed by atoms with E-state index >= 15 is 0 Å². The van der Waals surface area contributed by atoms with Gasteiger partial charge in [-0.2, -0.15) is 0 Å². The fourth-order valence-corrected chi connectivity index (χ4v) is 26.5. The average molecular weight is 616 g/mol. The first kappa shape index (κ1) is 31.3. The molecule has 0 saturated carbocycles. The van der Waals surface area contributed by atoms with Crippen molar-refractivity contribution in [2.75, 3.05) is 13.2 Å². The molecule has 0 amide bonds. The van der Waals surface area contributed by atoms with Crippen molar-refractivity contribution in [3.05, 3.63) is 70.3 Å². The van der Waals surface area contributed by atoms with Gasteiger partial charge in [0.15, 0.2) is 0 Å². The van der Waals surface area contributed by atoms with Crippen molar-refractivity contribution >= 4 is 37.1 Å². The van der Waals surface area contributed by atoms with Gasteiger partial charge in [-0.25, -0.2) is 0 Å². The van der Waals surface area contributed by atoms with Gasteiger partial charge < -0.3 is 0 Å². The van der Waals surface area contributed by atoms with Crippen molar-refractivity contribution in [1.29, 1.82) is 0 Å². The predicted octanol–water partition coefficient (Wildman–Crippen LogP) is 7.87. The number of hydrogen-bond acceptors (Lipinski definition) is 2. The van der Waals surface area contributed by atoms with E-state index in [1.807, 2.05) is 0 Å². The monoisotopic (exact) mass is 616 g/mol. The topological polar surface area (TPSA) is 29.5 Å². The second kappa shape index (κ2) is 15.5. The van der Waals surface area contributed by atoms with E-state index in [0.717, 1.165) is 0 Å². The molecule has 0 saturated heterocycles. The molecule has 0 bridgehead atoms. The zero-order valence-corrected chi connectivity index (χ0v) is 27.8. The molecule has 0 aromatic heterocycles. The predicted molar refractivity (Wildman–Crippen MR) is 164 cm³/mol. The molecular formula is C32H52O2SiSn. The summed E-state index contributed by atoms with van der Waals surface area (Å²) in [7, 11) is -2.57. The molecule has 0 aliphatic rings. The van der Waals surface area contributed by atoms with E-state index in [2.05, 4.69) is 108 Å². The van der Waals surface area contributed by atoms with Crippen LogP contribution < -0.4 is 10.4 Å². The molecule has 0 fully saturated rings. The van der Waals surface area contributed by atoms with Crippen LogP contribution in [0, 0.1) is 0 Å². The average Bonchev–Trinajstić information content (AvgIpc) is 2.89. The molecule has 4 heteroatoms. The molecule has 0 unspecified atom stereocenters. The maximum absolute atomic E-state index is 10.7. The summed E-state index contributed by atoms with van der Waals surface area (Å²) in [5.74, 6) is 0. The summed E-state index contributed by atoms with van der Waals surface area (Å²) >= 11 is -2.68. The maximum atomic E-state index is 10.7. The van der Waals surface area contributed by atoms with Gasteiger partial charge in [-0.05, 0) is 0 Å². The zero-order valence-electron chi connectivity index (χ0n) is 24.0. The molecule has 2 rings (SSSR count). The fourth-order valence-electron chi connectivity index (χ4n) is 5.88. The zero-order chi connectivity index (χ0) is 26.5. The molecule has 200 valence electrons. The van der Waals surface area contributed by atoms with E-state index < -0.39 is 26.7 Å². The molecule has 0 spiro atoms. The molecule has 0 radical (unpaired) electrons. The third-order valence-corrected chi connectivity index (χ3v) is 29.1.